The number of hydrogen-bond acceptors (Lipinski definition) is 4. The van der Waals surface area contributed by atoms with Crippen LogP contribution in [-0.2, 0) is 6.54 Å². The van der Waals surface area contributed by atoms with Crippen LogP contribution in [-0.4, -0.2) is 22.8 Å². The van der Waals surface area contributed by atoms with Crippen LogP contribution in [0.3, 0.4) is 0 Å². The van der Waals surface area contributed by atoms with Gasteiger partial charge >= 0.3 is 0 Å². The first kappa shape index (κ1) is 13.3. The van der Waals surface area contributed by atoms with E-state index in [1.807, 2.05) is 12.1 Å². The first-order valence-electron chi connectivity index (χ1n) is 6.72. The summed E-state index contributed by atoms with van der Waals surface area (Å²) in [5, 5.41) is 11.7. The highest BCUT2D eigenvalue weighted by atomic mass is 16.5. The van der Waals surface area contributed by atoms with Gasteiger partial charge in [0.25, 0.3) is 0 Å². The van der Waals surface area contributed by atoms with Gasteiger partial charge in [-0.25, -0.2) is 0 Å². The standard InChI is InChI=1S/C14H23N3O/c1-14(2,3)8-9-18-13-7-6-12(16-17-13)10-15-11-4-5-11/h6-7,11,15H,4-5,8-10H2,1-3H3. The number of nitrogens with one attached hydrogen (secondary N) is 1. The van der Waals surface area contributed by atoms with E-state index in [1.54, 1.807) is 0 Å². The fourth-order valence-corrected chi connectivity index (χ4v) is 1.52. The molecule has 0 bridgehead atoms. The molecule has 0 saturated heterocycles. The number of rotatable bonds is 6. The normalized spacial score (nSPS) is 15.7. The highest BCUT2D eigenvalue weighted by Crippen LogP contribution is 2.20. The molecule has 1 heterocycles. The first-order valence-corrected chi connectivity index (χ1v) is 6.72. The molecule has 1 aromatic heterocycles. The van der Waals surface area contributed by atoms with Crippen molar-refractivity contribution in [3.63, 3.8) is 0 Å². The van der Waals surface area contributed by atoms with E-state index in [9.17, 15) is 0 Å². The van der Waals surface area contributed by atoms with Crippen molar-refractivity contribution in [1.29, 1.82) is 0 Å². The zero-order valence-corrected chi connectivity index (χ0v) is 11.6. The van der Waals surface area contributed by atoms with E-state index >= 15 is 0 Å². The molecule has 1 saturated carbocycles. The average molecular weight is 249 g/mol. The monoisotopic (exact) mass is 249 g/mol. The van der Waals surface area contributed by atoms with Crippen LogP contribution in [0.25, 0.3) is 0 Å². The van der Waals surface area contributed by atoms with Gasteiger partial charge in [-0.3, -0.25) is 0 Å². The average Bonchev–Trinajstić information content (AvgIpc) is 3.10. The third kappa shape index (κ3) is 5.00. The molecule has 4 nitrogen and oxygen atoms in total. The second-order valence-corrected chi connectivity index (χ2v) is 6.18. The fraction of sp³-hybridized carbons (Fsp3) is 0.714. The molecule has 0 aromatic carbocycles. The van der Waals surface area contributed by atoms with Gasteiger partial charge in [-0.1, -0.05) is 20.8 Å². The molecule has 1 aromatic rings. The molecule has 2 rings (SSSR count). The predicted octanol–water partition coefficient (Wildman–Crippen LogP) is 2.54. The summed E-state index contributed by atoms with van der Waals surface area (Å²) in [6.45, 7) is 8.11. The predicted molar refractivity (Wildman–Crippen MR) is 71.5 cm³/mol. The summed E-state index contributed by atoms with van der Waals surface area (Å²) < 4.78 is 5.58. The largest absolute Gasteiger partial charge is 0.477 e. The summed E-state index contributed by atoms with van der Waals surface area (Å²) in [5.41, 5.74) is 1.27. The van der Waals surface area contributed by atoms with Crippen molar-refractivity contribution in [2.24, 2.45) is 5.41 Å². The maximum absolute atomic E-state index is 5.58. The summed E-state index contributed by atoms with van der Waals surface area (Å²) in [4.78, 5) is 0. The molecule has 1 aliphatic carbocycles. The van der Waals surface area contributed by atoms with Crippen LogP contribution in [0.2, 0.25) is 0 Å². The van der Waals surface area contributed by atoms with E-state index < -0.39 is 0 Å². The third-order valence-corrected chi connectivity index (χ3v) is 2.95. The van der Waals surface area contributed by atoms with E-state index in [0.29, 0.717) is 23.9 Å². The van der Waals surface area contributed by atoms with Gasteiger partial charge in [0.2, 0.25) is 5.88 Å². The van der Waals surface area contributed by atoms with Crippen LogP contribution in [0.1, 0.15) is 45.7 Å². The Balaban J connectivity index is 1.72. The van der Waals surface area contributed by atoms with Gasteiger partial charge in [0, 0.05) is 18.7 Å². The lowest BCUT2D eigenvalue weighted by atomic mass is 9.93. The van der Waals surface area contributed by atoms with Gasteiger partial charge in [0.1, 0.15) is 0 Å². The Morgan fingerprint density at radius 2 is 2.06 bits per heavy atom. The minimum Gasteiger partial charge on any atom is -0.477 e. The Hall–Kier alpha value is -1.16. The van der Waals surface area contributed by atoms with Gasteiger partial charge in [-0.15, -0.1) is 5.10 Å². The van der Waals surface area contributed by atoms with Crippen molar-refractivity contribution in [3.8, 4) is 5.88 Å². The Morgan fingerprint density at radius 3 is 2.61 bits per heavy atom. The topological polar surface area (TPSA) is 47.0 Å². The van der Waals surface area contributed by atoms with Crippen molar-refractivity contribution in [1.82, 2.24) is 15.5 Å². The first-order chi connectivity index (χ1) is 8.53. The lowest BCUT2D eigenvalue weighted by Crippen LogP contribution is -2.16. The summed E-state index contributed by atoms with van der Waals surface area (Å²) in [6.07, 6.45) is 3.60. The smallest absolute Gasteiger partial charge is 0.233 e. The molecule has 100 valence electrons. The molecule has 1 aliphatic rings. The van der Waals surface area contributed by atoms with E-state index in [2.05, 4.69) is 36.3 Å². The van der Waals surface area contributed by atoms with Crippen LogP contribution < -0.4 is 10.1 Å². The molecule has 0 spiro atoms. The van der Waals surface area contributed by atoms with Crippen LogP contribution in [0.5, 0.6) is 5.88 Å². The number of hydrogen-bond donors (Lipinski definition) is 1. The second-order valence-electron chi connectivity index (χ2n) is 6.18. The lowest BCUT2D eigenvalue weighted by molar-refractivity contribution is 0.234. The van der Waals surface area contributed by atoms with Crippen LogP contribution in [0.4, 0.5) is 0 Å². The minimum atomic E-state index is 0.293. The van der Waals surface area contributed by atoms with Crippen LogP contribution in [0.15, 0.2) is 12.1 Å². The maximum Gasteiger partial charge on any atom is 0.233 e. The summed E-state index contributed by atoms with van der Waals surface area (Å²) >= 11 is 0. The van der Waals surface area contributed by atoms with Gasteiger partial charge in [0.05, 0.1) is 12.3 Å². The third-order valence-electron chi connectivity index (χ3n) is 2.95. The molecule has 0 atom stereocenters. The SMILES string of the molecule is CC(C)(C)CCOc1ccc(CNC2CC2)nn1. The van der Waals surface area contributed by atoms with Crippen molar-refractivity contribution in [3.05, 3.63) is 17.8 Å². The Labute approximate surface area is 109 Å². The van der Waals surface area contributed by atoms with Gasteiger partial charge in [-0.05, 0) is 30.7 Å². The zero-order chi connectivity index (χ0) is 13.0. The lowest BCUT2D eigenvalue weighted by Gasteiger charge is -2.17. The van der Waals surface area contributed by atoms with Crippen LogP contribution >= 0.6 is 0 Å². The van der Waals surface area contributed by atoms with Crippen molar-refractivity contribution >= 4 is 0 Å². The molecular weight excluding hydrogens is 226 g/mol. The van der Waals surface area contributed by atoms with Crippen molar-refractivity contribution in [2.45, 2.75) is 52.6 Å². The highest BCUT2D eigenvalue weighted by molar-refractivity contribution is 5.11. The van der Waals surface area contributed by atoms with Gasteiger partial charge in [0.15, 0.2) is 0 Å². The summed E-state index contributed by atoms with van der Waals surface area (Å²) in [5.74, 6) is 0.620. The number of ether oxygens (including phenoxy) is 1. The van der Waals surface area contributed by atoms with E-state index in [-0.39, 0.29) is 0 Å². The van der Waals surface area contributed by atoms with Gasteiger partial charge in [-0.2, -0.15) is 5.10 Å². The van der Waals surface area contributed by atoms with E-state index in [0.717, 1.165) is 18.7 Å². The van der Waals surface area contributed by atoms with E-state index in [4.69, 9.17) is 4.74 Å². The highest BCUT2D eigenvalue weighted by Gasteiger charge is 2.20. The van der Waals surface area contributed by atoms with Crippen molar-refractivity contribution in [2.75, 3.05) is 6.61 Å². The molecule has 0 aliphatic heterocycles. The summed E-state index contributed by atoms with van der Waals surface area (Å²) in [7, 11) is 0. The van der Waals surface area contributed by atoms with Gasteiger partial charge < -0.3 is 10.1 Å². The molecule has 4 heteroatoms. The Morgan fingerprint density at radius 1 is 1.28 bits per heavy atom. The van der Waals surface area contributed by atoms with E-state index in [1.165, 1.54) is 12.8 Å². The molecule has 18 heavy (non-hydrogen) atoms. The molecule has 1 N–H and O–H groups in total. The molecule has 0 amide bonds. The quantitative estimate of drug-likeness (QED) is 0.841. The maximum atomic E-state index is 5.58. The summed E-state index contributed by atoms with van der Waals surface area (Å²) in [6, 6.07) is 4.59. The molecule has 0 radical (unpaired) electrons. The molecule has 1 fully saturated rings. The minimum absolute atomic E-state index is 0.293. The number of nitrogens with zero attached hydrogens (tertiary/aromatic N) is 2. The zero-order valence-electron chi connectivity index (χ0n) is 11.6. The number of aromatic nitrogens is 2. The Bertz CT molecular complexity index is 366. The second kappa shape index (κ2) is 5.65. The Kier molecular flexibility index (Phi) is 4.17. The molecular formula is C14H23N3O. The molecule has 0 unspecified atom stereocenters. The van der Waals surface area contributed by atoms with Crippen LogP contribution in [0, 0.1) is 5.41 Å². The van der Waals surface area contributed by atoms with Crippen molar-refractivity contribution < 1.29 is 4.74 Å². The fourth-order valence-electron chi connectivity index (χ4n) is 1.52.